The smallest absolute Gasteiger partial charge is 0.194 e. The summed E-state index contributed by atoms with van der Waals surface area (Å²) < 4.78 is 39.3. The van der Waals surface area contributed by atoms with Crippen molar-refractivity contribution in [3.8, 4) is 0 Å². The SMILES string of the molecule is CC(C)C1CCCCC1Nc1cc(F)c(F)c(F)c1. The highest BCUT2D eigenvalue weighted by Crippen LogP contribution is 2.32. The summed E-state index contributed by atoms with van der Waals surface area (Å²) >= 11 is 0. The van der Waals surface area contributed by atoms with Crippen molar-refractivity contribution in [3.05, 3.63) is 29.6 Å². The van der Waals surface area contributed by atoms with Gasteiger partial charge in [-0.1, -0.05) is 26.7 Å². The van der Waals surface area contributed by atoms with E-state index in [-0.39, 0.29) is 6.04 Å². The summed E-state index contributed by atoms with van der Waals surface area (Å²) in [4.78, 5) is 0. The Bertz CT molecular complexity index is 422. The van der Waals surface area contributed by atoms with Gasteiger partial charge in [0.15, 0.2) is 17.5 Å². The third-order valence-electron chi connectivity index (χ3n) is 4.01. The van der Waals surface area contributed by atoms with E-state index in [1.807, 2.05) is 0 Å². The largest absolute Gasteiger partial charge is 0.382 e. The summed E-state index contributed by atoms with van der Waals surface area (Å²) in [7, 11) is 0. The maximum Gasteiger partial charge on any atom is 0.194 e. The normalized spacial score (nSPS) is 23.7. The van der Waals surface area contributed by atoms with Crippen LogP contribution in [0.15, 0.2) is 12.1 Å². The van der Waals surface area contributed by atoms with E-state index >= 15 is 0 Å². The zero-order valence-electron chi connectivity index (χ0n) is 11.3. The highest BCUT2D eigenvalue weighted by atomic mass is 19.2. The van der Waals surface area contributed by atoms with E-state index in [4.69, 9.17) is 0 Å². The molecule has 2 unspecified atom stereocenters. The van der Waals surface area contributed by atoms with Gasteiger partial charge in [-0.3, -0.25) is 0 Å². The quantitative estimate of drug-likeness (QED) is 0.784. The summed E-state index contributed by atoms with van der Waals surface area (Å²) in [6.07, 6.45) is 4.44. The van der Waals surface area contributed by atoms with E-state index in [1.165, 1.54) is 6.42 Å². The fraction of sp³-hybridized carbons (Fsp3) is 0.600. The average molecular weight is 271 g/mol. The molecule has 0 aliphatic heterocycles. The predicted octanol–water partition coefficient (Wildman–Crippen LogP) is 4.73. The lowest BCUT2D eigenvalue weighted by Gasteiger charge is -2.35. The van der Waals surface area contributed by atoms with E-state index in [1.54, 1.807) is 0 Å². The first-order valence-electron chi connectivity index (χ1n) is 6.90. The zero-order chi connectivity index (χ0) is 14.0. The van der Waals surface area contributed by atoms with Crippen molar-refractivity contribution < 1.29 is 13.2 Å². The second-order valence-corrected chi connectivity index (χ2v) is 5.70. The Morgan fingerprint density at radius 2 is 1.63 bits per heavy atom. The van der Waals surface area contributed by atoms with Crippen molar-refractivity contribution in [2.75, 3.05) is 5.32 Å². The van der Waals surface area contributed by atoms with Gasteiger partial charge in [0, 0.05) is 23.9 Å². The van der Waals surface area contributed by atoms with E-state index in [9.17, 15) is 13.2 Å². The van der Waals surface area contributed by atoms with Crippen LogP contribution in [0.25, 0.3) is 0 Å². The molecule has 0 spiro atoms. The molecular weight excluding hydrogens is 251 g/mol. The predicted molar refractivity (Wildman–Crippen MR) is 70.5 cm³/mol. The van der Waals surface area contributed by atoms with Crippen molar-refractivity contribution in [3.63, 3.8) is 0 Å². The van der Waals surface area contributed by atoms with Crippen LogP contribution in [0.3, 0.4) is 0 Å². The minimum absolute atomic E-state index is 0.206. The van der Waals surface area contributed by atoms with E-state index in [0.717, 1.165) is 31.4 Å². The fourth-order valence-electron chi connectivity index (χ4n) is 2.99. The minimum atomic E-state index is -1.41. The standard InChI is InChI=1S/C15H20F3N/c1-9(2)11-5-3-4-6-14(11)19-10-7-12(16)15(18)13(17)8-10/h7-9,11,14,19H,3-6H2,1-2H3. The van der Waals surface area contributed by atoms with Gasteiger partial charge in [0.1, 0.15) is 0 Å². The van der Waals surface area contributed by atoms with Crippen molar-refractivity contribution in [2.45, 2.75) is 45.6 Å². The molecule has 0 aromatic heterocycles. The third kappa shape index (κ3) is 3.23. The third-order valence-corrected chi connectivity index (χ3v) is 4.01. The molecule has 1 aliphatic carbocycles. The number of nitrogens with one attached hydrogen (secondary N) is 1. The van der Waals surface area contributed by atoms with Crippen molar-refractivity contribution in [1.29, 1.82) is 0 Å². The molecule has 19 heavy (non-hydrogen) atoms. The van der Waals surface area contributed by atoms with Gasteiger partial charge in [-0.25, -0.2) is 13.2 Å². The van der Waals surface area contributed by atoms with Crippen LogP contribution in [-0.4, -0.2) is 6.04 Å². The van der Waals surface area contributed by atoms with Crippen LogP contribution in [0.1, 0.15) is 39.5 Å². The maximum absolute atomic E-state index is 13.2. The van der Waals surface area contributed by atoms with Gasteiger partial charge in [0.05, 0.1) is 0 Å². The number of hydrogen-bond acceptors (Lipinski definition) is 1. The van der Waals surface area contributed by atoms with Gasteiger partial charge < -0.3 is 5.32 Å². The van der Waals surface area contributed by atoms with Gasteiger partial charge in [0.2, 0.25) is 0 Å². The number of rotatable bonds is 3. The second-order valence-electron chi connectivity index (χ2n) is 5.70. The molecule has 1 N–H and O–H groups in total. The Morgan fingerprint density at radius 3 is 2.21 bits per heavy atom. The number of hydrogen-bond donors (Lipinski definition) is 1. The van der Waals surface area contributed by atoms with Gasteiger partial charge in [0.25, 0.3) is 0 Å². The molecule has 0 amide bonds. The fourth-order valence-corrected chi connectivity index (χ4v) is 2.99. The van der Waals surface area contributed by atoms with Gasteiger partial charge in [-0.15, -0.1) is 0 Å². The molecule has 106 valence electrons. The lowest BCUT2D eigenvalue weighted by Crippen LogP contribution is -2.35. The van der Waals surface area contributed by atoms with Crippen LogP contribution in [0.4, 0.5) is 18.9 Å². The van der Waals surface area contributed by atoms with Crippen LogP contribution >= 0.6 is 0 Å². The summed E-state index contributed by atoms with van der Waals surface area (Å²) in [6, 6.07) is 2.27. The lowest BCUT2D eigenvalue weighted by atomic mass is 9.78. The summed E-state index contributed by atoms with van der Waals surface area (Å²) in [5.74, 6) is -2.67. The topological polar surface area (TPSA) is 12.0 Å². The second kappa shape index (κ2) is 5.85. The molecule has 2 atom stereocenters. The summed E-state index contributed by atoms with van der Waals surface area (Å²) in [6.45, 7) is 4.33. The molecular formula is C15H20F3N. The van der Waals surface area contributed by atoms with Crippen LogP contribution in [-0.2, 0) is 0 Å². The van der Waals surface area contributed by atoms with Crippen molar-refractivity contribution in [2.24, 2.45) is 11.8 Å². The molecule has 0 radical (unpaired) electrons. The molecule has 2 rings (SSSR count). The minimum Gasteiger partial charge on any atom is -0.382 e. The Kier molecular flexibility index (Phi) is 4.38. The maximum atomic E-state index is 13.2. The zero-order valence-corrected chi connectivity index (χ0v) is 11.3. The van der Waals surface area contributed by atoms with Crippen LogP contribution in [0.2, 0.25) is 0 Å². The molecule has 1 saturated carbocycles. The Hall–Kier alpha value is -1.19. The molecule has 4 heteroatoms. The number of anilines is 1. The van der Waals surface area contributed by atoms with Gasteiger partial charge in [-0.05, 0) is 24.7 Å². The Balaban J connectivity index is 2.15. The molecule has 0 saturated heterocycles. The summed E-state index contributed by atoms with van der Waals surface area (Å²) in [5, 5.41) is 3.17. The molecule has 0 bridgehead atoms. The highest BCUT2D eigenvalue weighted by molar-refractivity contribution is 5.45. The average Bonchev–Trinajstić information content (AvgIpc) is 2.36. The van der Waals surface area contributed by atoms with Crippen molar-refractivity contribution >= 4 is 5.69 Å². The number of benzene rings is 1. The number of halogens is 3. The first-order valence-corrected chi connectivity index (χ1v) is 6.90. The molecule has 0 heterocycles. The molecule has 1 aromatic carbocycles. The monoisotopic (exact) mass is 271 g/mol. The first kappa shape index (κ1) is 14.2. The molecule has 1 nitrogen and oxygen atoms in total. The first-order chi connectivity index (χ1) is 8.99. The molecule has 1 aliphatic rings. The van der Waals surface area contributed by atoms with Gasteiger partial charge >= 0.3 is 0 Å². The van der Waals surface area contributed by atoms with E-state index < -0.39 is 17.5 Å². The Morgan fingerprint density at radius 1 is 1.05 bits per heavy atom. The van der Waals surface area contributed by atoms with E-state index in [0.29, 0.717) is 17.5 Å². The molecule has 1 aromatic rings. The van der Waals surface area contributed by atoms with Crippen LogP contribution < -0.4 is 5.32 Å². The van der Waals surface area contributed by atoms with E-state index in [2.05, 4.69) is 19.2 Å². The molecule has 1 fully saturated rings. The van der Waals surface area contributed by atoms with Crippen molar-refractivity contribution in [1.82, 2.24) is 0 Å². The Labute approximate surface area is 112 Å². The van der Waals surface area contributed by atoms with Crippen LogP contribution in [0, 0.1) is 29.3 Å². The highest BCUT2D eigenvalue weighted by Gasteiger charge is 2.27. The van der Waals surface area contributed by atoms with Gasteiger partial charge in [-0.2, -0.15) is 0 Å². The summed E-state index contributed by atoms with van der Waals surface area (Å²) in [5.41, 5.74) is 0.328. The van der Waals surface area contributed by atoms with Crippen LogP contribution in [0.5, 0.6) is 0 Å². The lowest BCUT2D eigenvalue weighted by molar-refractivity contribution is 0.253.